The summed E-state index contributed by atoms with van der Waals surface area (Å²) < 4.78 is 0. The molecule has 7 nitrogen and oxygen atoms in total. The molecule has 29 heavy (non-hydrogen) atoms. The van der Waals surface area contributed by atoms with E-state index >= 15 is 0 Å². The number of β-amino-alcohol motifs (C(OH)–C–C–N with tert-alkyl or cyclic N) is 1. The number of rotatable bonds is 7. The van der Waals surface area contributed by atoms with Crippen molar-refractivity contribution in [3.05, 3.63) is 36.0 Å². The van der Waals surface area contributed by atoms with Crippen LogP contribution in [0.25, 0.3) is 11.4 Å². The molecule has 2 N–H and O–H groups in total. The van der Waals surface area contributed by atoms with Gasteiger partial charge in [-0.1, -0.05) is 0 Å². The first-order valence-electron chi connectivity index (χ1n) is 10.6. The van der Waals surface area contributed by atoms with Crippen molar-refractivity contribution in [2.75, 3.05) is 69.6 Å². The van der Waals surface area contributed by atoms with Crippen molar-refractivity contribution >= 4 is 11.5 Å². The second-order valence-corrected chi connectivity index (χ2v) is 8.26. The average molecular weight is 397 g/mol. The summed E-state index contributed by atoms with van der Waals surface area (Å²) in [6.07, 6.45) is 2.80. The lowest BCUT2D eigenvalue weighted by Gasteiger charge is -2.35. The number of likely N-dealkylation sites (N-methyl/N-ethyl adjacent to an activating group) is 1. The van der Waals surface area contributed by atoms with Crippen LogP contribution in [0.1, 0.15) is 12.0 Å². The van der Waals surface area contributed by atoms with E-state index in [4.69, 9.17) is 4.98 Å². The molecule has 0 amide bonds. The smallest absolute Gasteiger partial charge is 0.161 e. The Morgan fingerprint density at radius 1 is 1.10 bits per heavy atom. The highest BCUT2D eigenvalue weighted by atomic mass is 16.3. The molecule has 0 unspecified atom stereocenters. The highest BCUT2D eigenvalue weighted by Crippen LogP contribution is 2.23. The number of aryl methyl sites for hydroxylation is 1. The Morgan fingerprint density at radius 3 is 2.52 bits per heavy atom. The van der Waals surface area contributed by atoms with Crippen LogP contribution in [0.4, 0.5) is 11.5 Å². The molecule has 1 aromatic heterocycles. The van der Waals surface area contributed by atoms with Crippen molar-refractivity contribution in [2.45, 2.75) is 19.4 Å². The van der Waals surface area contributed by atoms with Gasteiger partial charge in [0.2, 0.25) is 0 Å². The fourth-order valence-corrected chi connectivity index (χ4v) is 3.88. The predicted molar refractivity (Wildman–Crippen MR) is 117 cm³/mol. The number of nitrogens with zero attached hydrogens (tertiary/aromatic N) is 5. The summed E-state index contributed by atoms with van der Waals surface area (Å²) in [4.78, 5) is 16.4. The summed E-state index contributed by atoms with van der Waals surface area (Å²) in [6.45, 7) is 9.88. The molecule has 0 bridgehead atoms. The summed E-state index contributed by atoms with van der Waals surface area (Å²) in [5, 5.41) is 12.8. The minimum absolute atomic E-state index is 0.128. The van der Waals surface area contributed by atoms with Crippen LogP contribution in [0.3, 0.4) is 0 Å². The average Bonchev–Trinajstić information content (AvgIpc) is 2.71. The molecule has 2 fully saturated rings. The van der Waals surface area contributed by atoms with E-state index in [-0.39, 0.29) is 6.10 Å². The molecule has 0 aliphatic carbocycles. The van der Waals surface area contributed by atoms with Crippen molar-refractivity contribution in [1.82, 2.24) is 19.8 Å². The van der Waals surface area contributed by atoms with Crippen LogP contribution >= 0.6 is 0 Å². The van der Waals surface area contributed by atoms with Gasteiger partial charge in [0.15, 0.2) is 5.82 Å². The van der Waals surface area contributed by atoms with E-state index in [2.05, 4.69) is 56.3 Å². The van der Waals surface area contributed by atoms with Crippen LogP contribution < -0.4 is 10.2 Å². The third kappa shape index (κ3) is 5.04. The van der Waals surface area contributed by atoms with Gasteiger partial charge >= 0.3 is 0 Å². The summed E-state index contributed by atoms with van der Waals surface area (Å²) in [5.74, 6) is 1.66. The van der Waals surface area contributed by atoms with Gasteiger partial charge in [-0.15, -0.1) is 0 Å². The SMILES string of the molecule is Cc1cnc(-c2ccc(N3CCN(C)CC3)cc2)nc1NCCCN1CC(O)C1. The maximum Gasteiger partial charge on any atom is 0.161 e. The Hall–Kier alpha value is -2.22. The lowest BCUT2D eigenvalue weighted by Crippen LogP contribution is -2.51. The van der Waals surface area contributed by atoms with E-state index in [1.807, 2.05) is 13.1 Å². The lowest BCUT2D eigenvalue weighted by molar-refractivity contribution is 0.00232. The largest absolute Gasteiger partial charge is 0.390 e. The molecular weight excluding hydrogens is 364 g/mol. The zero-order chi connectivity index (χ0) is 20.2. The Kier molecular flexibility index (Phi) is 6.28. The monoisotopic (exact) mass is 396 g/mol. The Morgan fingerprint density at radius 2 is 1.83 bits per heavy atom. The van der Waals surface area contributed by atoms with Crippen LogP contribution in [-0.4, -0.2) is 90.4 Å². The van der Waals surface area contributed by atoms with E-state index < -0.39 is 0 Å². The van der Waals surface area contributed by atoms with E-state index in [1.165, 1.54) is 5.69 Å². The fraction of sp³-hybridized carbons (Fsp3) is 0.545. The first kappa shape index (κ1) is 20.1. The van der Waals surface area contributed by atoms with Crippen LogP contribution in [0.2, 0.25) is 0 Å². The van der Waals surface area contributed by atoms with Gasteiger partial charge in [-0.25, -0.2) is 9.97 Å². The third-order valence-corrected chi connectivity index (χ3v) is 5.85. The van der Waals surface area contributed by atoms with Gasteiger partial charge in [-0.05, 0) is 44.7 Å². The highest BCUT2D eigenvalue weighted by Gasteiger charge is 2.23. The van der Waals surface area contributed by atoms with E-state index in [1.54, 1.807) is 0 Å². The van der Waals surface area contributed by atoms with Crippen molar-refractivity contribution in [3.8, 4) is 11.4 Å². The number of piperazine rings is 1. The zero-order valence-electron chi connectivity index (χ0n) is 17.5. The minimum Gasteiger partial charge on any atom is -0.390 e. The van der Waals surface area contributed by atoms with E-state index in [9.17, 15) is 5.11 Å². The van der Waals surface area contributed by atoms with E-state index in [0.717, 1.165) is 81.5 Å². The Balaban J connectivity index is 1.35. The number of anilines is 2. The van der Waals surface area contributed by atoms with Crippen LogP contribution in [0.15, 0.2) is 30.5 Å². The molecule has 2 aliphatic rings. The number of hydrogen-bond donors (Lipinski definition) is 2. The maximum absolute atomic E-state index is 9.35. The van der Waals surface area contributed by atoms with Crippen LogP contribution in [0, 0.1) is 6.92 Å². The van der Waals surface area contributed by atoms with Crippen LogP contribution in [-0.2, 0) is 0 Å². The van der Waals surface area contributed by atoms with Gasteiger partial charge in [-0.3, -0.25) is 4.90 Å². The Bertz CT molecular complexity index is 797. The van der Waals surface area contributed by atoms with Crippen molar-refractivity contribution < 1.29 is 5.11 Å². The van der Waals surface area contributed by atoms with Gasteiger partial charge < -0.3 is 20.2 Å². The molecule has 2 aromatic rings. The molecule has 156 valence electrons. The van der Waals surface area contributed by atoms with Gasteiger partial charge in [0, 0.05) is 75.4 Å². The van der Waals surface area contributed by atoms with Crippen molar-refractivity contribution in [2.24, 2.45) is 0 Å². The number of nitrogens with one attached hydrogen (secondary N) is 1. The molecule has 0 radical (unpaired) electrons. The van der Waals surface area contributed by atoms with Gasteiger partial charge in [0.1, 0.15) is 5.82 Å². The number of likely N-dealkylation sites (tertiary alicyclic amines) is 1. The first-order valence-corrected chi connectivity index (χ1v) is 10.6. The zero-order valence-corrected chi connectivity index (χ0v) is 17.5. The van der Waals surface area contributed by atoms with Gasteiger partial charge in [0.05, 0.1) is 6.10 Å². The lowest BCUT2D eigenvalue weighted by atomic mass is 10.1. The summed E-state index contributed by atoms with van der Waals surface area (Å²) >= 11 is 0. The predicted octanol–water partition coefficient (Wildman–Crippen LogP) is 1.68. The maximum atomic E-state index is 9.35. The van der Waals surface area contributed by atoms with Gasteiger partial charge in [0.25, 0.3) is 0 Å². The minimum atomic E-state index is -0.128. The number of benzene rings is 1. The summed E-state index contributed by atoms with van der Waals surface area (Å²) in [7, 11) is 2.18. The molecule has 2 aliphatic heterocycles. The second kappa shape index (κ2) is 9.07. The summed E-state index contributed by atoms with van der Waals surface area (Å²) in [5.41, 5.74) is 3.37. The third-order valence-electron chi connectivity index (χ3n) is 5.85. The molecule has 0 atom stereocenters. The first-order chi connectivity index (χ1) is 14.1. The number of aliphatic hydroxyl groups excluding tert-OH is 1. The molecule has 4 rings (SSSR count). The number of aliphatic hydroxyl groups is 1. The van der Waals surface area contributed by atoms with Gasteiger partial charge in [-0.2, -0.15) is 0 Å². The molecule has 7 heteroatoms. The Labute approximate surface area is 173 Å². The standard InChI is InChI=1S/C22H32N6O/c1-17-14-24-22(25-21(17)23-8-3-9-27-15-20(29)16-27)18-4-6-19(7-5-18)28-12-10-26(2)11-13-28/h4-7,14,20,29H,3,8-13,15-16H2,1-2H3,(H,23,24,25). The number of hydrogen-bond acceptors (Lipinski definition) is 7. The molecule has 0 spiro atoms. The number of aromatic nitrogens is 2. The molecule has 2 saturated heterocycles. The highest BCUT2D eigenvalue weighted by molar-refractivity contribution is 5.62. The normalized spacial score (nSPS) is 18.7. The quantitative estimate of drug-likeness (QED) is 0.690. The molecular formula is C22H32N6O. The summed E-state index contributed by atoms with van der Waals surface area (Å²) in [6, 6.07) is 8.60. The fourth-order valence-electron chi connectivity index (χ4n) is 3.88. The van der Waals surface area contributed by atoms with Crippen molar-refractivity contribution in [1.29, 1.82) is 0 Å². The van der Waals surface area contributed by atoms with Crippen molar-refractivity contribution in [3.63, 3.8) is 0 Å². The van der Waals surface area contributed by atoms with E-state index in [0.29, 0.717) is 0 Å². The topological polar surface area (TPSA) is 67.8 Å². The molecule has 3 heterocycles. The molecule has 0 saturated carbocycles. The molecule has 1 aromatic carbocycles. The van der Waals surface area contributed by atoms with Crippen LogP contribution in [0.5, 0.6) is 0 Å². The second-order valence-electron chi connectivity index (χ2n) is 8.26.